The summed E-state index contributed by atoms with van der Waals surface area (Å²) in [5.41, 5.74) is 0.777. The largest absolute Gasteiger partial charge is 0.507 e. The van der Waals surface area contributed by atoms with Crippen molar-refractivity contribution in [1.82, 2.24) is 4.90 Å². The third kappa shape index (κ3) is 4.52. The average molecular weight is 482 g/mol. The Morgan fingerprint density at radius 1 is 1.00 bits per heavy atom. The number of hydrogen-bond donors (Lipinski definition) is 2. The van der Waals surface area contributed by atoms with E-state index < -0.39 is 17.7 Å². The van der Waals surface area contributed by atoms with E-state index in [1.54, 1.807) is 35.2 Å². The summed E-state index contributed by atoms with van der Waals surface area (Å²) in [5.74, 6) is -0.658. The standard InChI is InChI=1S/C27H31NO7/c1-4-34-18-11-12-19(22(15-18)35-5-2)25(30)23-24(16-10-13-21(33-3)20(29)14-16)28(27(32)26(23)31)17-8-6-7-9-17/h10-15,17,24,29-30H,4-9H2,1-3H3/b25-23-. The normalized spacial score (nSPS) is 19.9. The van der Waals surface area contributed by atoms with Gasteiger partial charge in [-0.3, -0.25) is 9.59 Å². The summed E-state index contributed by atoms with van der Waals surface area (Å²) in [4.78, 5) is 28.2. The van der Waals surface area contributed by atoms with E-state index in [9.17, 15) is 19.8 Å². The molecule has 2 fully saturated rings. The highest BCUT2D eigenvalue weighted by molar-refractivity contribution is 6.46. The van der Waals surface area contributed by atoms with Crippen LogP contribution in [0.4, 0.5) is 0 Å². The lowest BCUT2D eigenvalue weighted by molar-refractivity contribution is -0.141. The Morgan fingerprint density at radius 2 is 1.71 bits per heavy atom. The number of likely N-dealkylation sites (tertiary alicyclic amines) is 1. The number of ketones is 1. The number of phenolic OH excluding ortho intramolecular Hbond substituents is 1. The van der Waals surface area contributed by atoms with Crippen LogP contribution < -0.4 is 14.2 Å². The molecule has 1 heterocycles. The Hall–Kier alpha value is -3.68. The molecule has 2 N–H and O–H groups in total. The van der Waals surface area contributed by atoms with E-state index in [1.807, 2.05) is 13.8 Å². The third-order valence-electron chi connectivity index (χ3n) is 6.54. The highest BCUT2D eigenvalue weighted by Crippen LogP contribution is 2.46. The number of ether oxygens (including phenoxy) is 3. The fourth-order valence-electron chi connectivity index (χ4n) is 4.99. The first-order valence-corrected chi connectivity index (χ1v) is 12.0. The van der Waals surface area contributed by atoms with Gasteiger partial charge in [0, 0.05) is 12.1 Å². The first kappa shape index (κ1) is 24.4. The Labute approximate surface area is 204 Å². The van der Waals surface area contributed by atoms with E-state index in [0.717, 1.165) is 25.7 Å². The fourth-order valence-corrected chi connectivity index (χ4v) is 4.99. The van der Waals surface area contributed by atoms with Gasteiger partial charge in [0.05, 0.1) is 37.5 Å². The number of rotatable bonds is 8. The van der Waals surface area contributed by atoms with Crippen LogP contribution in [0.25, 0.3) is 5.76 Å². The van der Waals surface area contributed by atoms with Gasteiger partial charge in [-0.15, -0.1) is 0 Å². The molecule has 1 saturated carbocycles. The minimum atomic E-state index is -0.851. The van der Waals surface area contributed by atoms with Crippen molar-refractivity contribution in [2.45, 2.75) is 51.6 Å². The number of amides is 1. The summed E-state index contributed by atoms with van der Waals surface area (Å²) in [6.45, 7) is 4.48. The van der Waals surface area contributed by atoms with Crippen molar-refractivity contribution >= 4 is 17.4 Å². The molecule has 0 radical (unpaired) electrons. The maximum Gasteiger partial charge on any atom is 0.295 e. The van der Waals surface area contributed by atoms with E-state index in [4.69, 9.17) is 14.2 Å². The lowest BCUT2D eigenvalue weighted by atomic mass is 9.94. The number of nitrogens with zero attached hydrogens (tertiary/aromatic N) is 1. The van der Waals surface area contributed by atoms with Crippen LogP contribution in [0.15, 0.2) is 42.0 Å². The van der Waals surface area contributed by atoms with Crippen molar-refractivity contribution < 1.29 is 34.0 Å². The van der Waals surface area contributed by atoms with Crippen molar-refractivity contribution in [2.24, 2.45) is 0 Å². The van der Waals surface area contributed by atoms with Gasteiger partial charge in [-0.05, 0) is 56.5 Å². The van der Waals surface area contributed by atoms with Crippen LogP contribution in [0.2, 0.25) is 0 Å². The van der Waals surface area contributed by atoms with E-state index in [-0.39, 0.29) is 28.9 Å². The maximum atomic E-state index is 13.4. The van der Waals surface area contributed by atoms with Crippen LogP contribution in [0.3, 0.4) is 0 Å². The Balaban J connectivity index is 1.90. The van der Waals surface area contributed by atoms with Crippen LogP contribution in [0.5, 0.6) is 23.0 Å². The summed E-state index contributed by atoms with van der Waals surface area (Å²) in [7, 11) is 1.44. The molecule has 8 nitrogen and oxygen atoms in total. The first-order valence-electron chi connectivity index (χ1n) is 12.0. The number of Topliss-reactive ketones (excluding diaryl/α,β-unsaturated/α-hetero) is 1. The zero-order valence-electron chi connectivity index (χ0n) is 20.2. The van der Waals surface area contributed by atoms with Gasteiger partial charge in [0.2, 0.25) is 0 Å². The fraction of sp³-hybridized carbons (Fsp3) is 0.407. The molecule has 0 aromatic heterocycles. The molecule has 0 spiro atoms. The first-order chi connectivity index (χ1) is 16.9. The number of aliphatic hydroxyl groups is 1. The molecule has 2 aromatic rings. The van der Waals surface area contributed by atoms with Gasteiger partial charge in [0.15, 0.2) is 11.5 Å². The highest BCUT2D eigenvalue weighted by Gasteiger charge is 2.49. The smallest absolute Gasteiger partial charge is 0.295 e. The molecule has 0 bridgehead atoms. The SMILES string of the molecule is CCOc1ccc(/C(O)=C2/C(=O)C(=O)N(C3CCCC3)C2c2ccc(OC)c(O)c2)c(OCC)c1. The minimum absolute atomic E-state index is 0.0309. The topological polar surface area (TPSA) is 106 Å². The van der Waals surface area contributed by atoms with Gasteiger partial charge in [-0.2, -0.15) is 0 Å². The number of carbonyl (C=O) groups excluding carboxylic acids is 2. The van der Waals surface area contributed by atoms with Crippen molar-refractivity contribution in [3.05, 3.63) is 53.1 Å². The lowest BCUT2D eigenvalue weighted by Crippen LogP contribution is -2.37. The lowest BCUT2D eigenvalue weighted by Gasteiger charge is -2.31. The molecule has 1 aliphatic carbocycles. The molecule has 2 aliphatic rings. The summed E-state index contributed by atoms with van der Waals surface area (Å²) in [6, 6.07) is 8.75. The van der Waals surface area contributed by atoms with Gasteiger partial charge in [0.25, 0.3) is 11.7 Å². The van der Waals surface area contributed by atoms with Crippen LogP contribution >= 0.6 is 0 Å². The predicted octanol–water partition coefficient (Wildman–Crippen LogP) is 4.56. The van der Waals surface area contributed by atoms with Crippen LogP contribution in [-0.4, -0.2) is 53.2 Å². The molecule has 1 saturated heterocycles. The molecule has 4 rings (SSSR count). The number of hydrogen-bond acceptors (Lipinski definition) is 7. The zero-order valence-corrected chi connectivity index (χ0v) is 20.2. The molecule has 1 unspecified atom stereocenters. The third-order valence-corrected chi connectivity index (χ3v) is 6.54. The molecule has 1 atom stereocenters. The van der Waals surface area contributed by atoms with Gasteiger partial charge < -0.3 is 29.3 Å². The maximum absolute atomic E-state index is 13.4. The van der Waals surface area contributed by atoms with Gasteiger partial charge in [-0.1, -0.05) is 18.9 Å². The molecular weight excluding hydrogens is 450 g/mol. The molecule has 2 aromatic carbocycles. The highest BCUT2D eigenvalue weighted by atomic mass is 16.5. The second-order valence-electron chi connectivity index (χ2n) is 8.60. The van der Waals surface area contributed by atoms with Crippen molar-refractivity contribution in [2.75, 3.05) is 20.3 Å². The second kappa shape index (κ2) is 10.3. The van der Waals surface area contributed by atoms with Gasteiger partial charge >= 0.3 is 0 Å². The second-order valence-corrected chi connectivity index (χ2v) is 8.60. The number of benzene rings is 2. The summed E-state index contributed by atoms with van der Waals surface area (Å²) in [6.07, 6.45) is 3.47. The van der Waals surface area contributed by atoms with Crippen molar-refractivity contribution in [3.63, 3.8) is 0 Å². The molecular formula is C27H31NO7. The molecule has 8 heteroatoms. The summed E-state index contributed by atoms with van der Waals surface area (Å²) < 4.78 is 16.5. The average Bonchev–Trinajstić information content (AvgIpc) is 3.46. The van der Waals surface area contributed by atoms with Crippen LogP contribution in [-0.2, 0) is 9.59 Å². The number of aliphatic hydroxyl groups excluding tert-OH is 1. The predicted molar refractivity (Wildman–Crippen MR) is 130 cm³/mol. The Morgan fingerprint density at radius 3 is 2.34 bits per heavy atom. The molecule has 1 amide bonds. The minimum Gasteiger partial charge on any atom is -0.507 e. The van der Waals surface area contributed by atoms with E-state index >= 15 is 0 Å². The van der Waals surface area contributed by atoms with Gasteiger partial charge in [0.1, 0.15) is 17.3 Å². The van der Waals surface area contributed by atoms with Crippen LogP contribution in [0, 0.1) is 0 Å². The number of phenols is 1. The molecule has 35 heavy (non-hydrogen) atoms. The zero-order chi connectivity index (χ0) is 25.1. The van der Waals surface area contributed by atoms with Crippen molar-refractivity contribution in [3.8, 4) is 23.0 Å². The van der Waals surface area contributed by atoms with Gasteiger partial charge in [-0.25, -0.2) is 0 Å². The van der Waals surface area contributed by atoms with E-state index in [1.165, 1.54) is 13.2 Å². The van der Waals surface area contributed by atoms with E-state index in [2.05, 4.69) is 0 Å². The van der Waals surface area contributed by atoms with E-state index in [0.29, 0.717) is 35.8 Å². The van der Waals surface area contributed by atoms with Crippen molar-refractivity contribution in [1.29, 1.82) is 0 Å². The quantitative estimate of drug-likeness (QED) is 0.323. The molecule has 1 aliphatic heterocycles. The molecule has 186 valence electrons. The van der Waals surface area contributed by atoms with Crippen LogP contribution in [0.1, 0.15) is 56.7 Å². The summed E-state index contributed by atoms with van der Waals surface area (Å²) >= 11 is 0. The Kier molecular flexibility index (Phi) is 7.19. The summed E-state index contributed by atoms with van der Waals surface area (Å²) in [5, 5.41) is 21.9. The number of aromatic hydroxyl groups is 1. The Bertz CT molecular complexity index is 1150. The number of carbonyl (C=O) groups is 2. The number of methoxy groups -OCH3 is 1. The monoisotopic (exact) mass is 481 g/mol.